The third-order valence-electron chi connectivity index (χ3n) is 3.61. The van der Waals surface area contributed by atoms with Gasteiger partial charge < -0.3 is 4.74 Å². The Morgan fingerprint density at radius 2 is 2.28 bits per heavy atom. The Morgan fingerprint density at radius 3 is 2.94 bits per heavy atom. The molecule has 1 heterocycles. The number of halogens is 2. The molecule has 3 heteroatoms. The summed E-state index contributed by atoms with van der Waals surface area (Å²) < 4.78 is 6.85. The quantitative estimate of drug-likeness (QED) is 0.615. The predicted octanol–water partition coefficient (Wildman–Crippen LogP) is 5.28. The summed E-state index contributed by atoms with van der Waals surface area (Å²) in [5.74, 6) is 0.615. The highest BCUT2D eigenvalue weighted by atomic mass is 79.9. The van der Waals surface area contributed by atoms with Gasteiger partial charge >= 0.3 is 0 Å². The van der Waals surface area contributed by atoms with E-state index in [9.17, 15) is 0 Å². The van der Waals surface area contributed by atoms with Crippen molar-refractivity contribution in [3.8, 4) is 0 Å². The molecule has 1 aromatic rings. The molecule has 0 radical (unpaired) electrons. The van der Waals surface area contributed by atoms with Crippen LogP contribution in [0.1, 0.15) is 43.6 Å². The summed E-state index contributed by atoms with van der Waals surface area (Å²) in [5, 5.41) is 1.04. The van der Waals surface area contributed by atoms with E-state index in [-0.39, 0.29) is 0 Å². The van der Waals surface area contributed by atoms with Crippen LogP contribution < -0.4 is 0 Å². The summed E-state index contributed by atoms with van der Waals surface area (Å²) in [6.07, 6.45) is 6.75. The molecule has 1 aromatic carbocycles. The van der Waals surface area contributed by atoms with Gasteiger partial charge in [0.1, 0.15) is 0 Å². The highest BCUT2D eigenvalue weighted by Gasteiger charge is 2.16. The van der Waals surface area contributed by atoms with E-state index in [1.54, 1.807) is 0 Å². The molecule has 0 spiro atoms. The molecule has 0 aliphatic carbocycles. The lowest BCUT2D eigenvalue weighted by molar-refractivity contribution is 0.102. The van der Waals surface area contributed by atoms with Crippen LogP contribution in [-0.2, 0) is 4.74 Å². The summed E-state index contributed by atoms with van der Waals surface area (Å²) >= 11 is 7.19. The average molecular weight is 376 g/mol. The van der Waals surface area contributed by atoms with Gasteiger partial charge in [-0.25, -0.2) is 0 Å². The minimum Gasteiger partial charge on any atom is -0.378 e. The standard InChI is InChI=1S/C15H20Br2O/c16-11-13(12-4-1-6-14(17)10-12)5-2-7-15-8-3-9-18-15/h1,4,6,10,13,15H,2-3,5,7-9,11H2. The molecule has 1 saturated heterocycles. The van der Waals surface area contributed by atoms with Crippen LogP contribution in [0.4, 0.5) is 0 Å². The molecule has 0 bridgehead atoms. The van der Waals surface area contributed by atoms with Crippen molar-refractivity contribution in [1.82, 2.24) is 0 Å². The summed E-state index contributed by atoms with van der Waals surface area (Å²) in [4.78, 5) is 0. The van der Waals surface area contributed by atoms with Crippen LogP contribution in [0.25, 0.3) is 0 Å². The lowest BCUT2D eigenvalue weighted by atomic mass is 9.94. The summed E-state index contributed by atoms with van der Waals surface area (Å²) in [7, 11) is 0. The van der Waals surface area contributed by atoms with Crippen LogP contribution in [0.15, 0.2) is 28.7 Å². The molecule has 0 N–H and O–H groups in total. The van der Waals surface area contributed by atoms with E-state index in [0.717, 1.165) is 11.9 Å². The second-order valence-electron chi connectivity index (χ2n) is 4.97. The smallest absolute Gasteiger partial charge is 0.0576 e. The molecule has 1 aliphatic heterocycles. The molecule has 0 aromatic heterocycles. The first-order valence-corrected chi connectivity index (χ1v) is 8.64. The molecular formula is C15H20Br2O. The van der Waals surface area contributed by atoms with E-state index >= 15 is 0 Å². The van der Waals surface area contributed by atoms with E-state index in [4.69, 9.17) is 4.74 Å². The van der Waals surface area contributed by atoms with Crippen molar-refractivity contribution in [1.29, 1.82) is 0 Å². The van der Waals surface area contributed by atoms with Gasteiger partial charge in [0, 0.05) is 16.4 Å². The van der Waals surface area contributed by atoms with Gasteiger partial charge in [0.15, 0.2) is 0 Å². The second-order valence-corrected chi connectivity index (χ2v) is 6.54. The third kappa shape index (κ3) is 4.36. The Kier molecular flexibility index (Phi) is 6.19. The molecule has 18 heavy (non-hydrogen) atoms. The fraction of sp³-hybridized carbons (Fsp3) is 0.600. The van der Waals surface area contributed by atoms with Gasteiger partial charge in [0.05, 0.1) is 6.10 Å². The molecular weight excluding hydrogens is 356 g/mol. The van der Waals surface area contributed by atoms with Crippen molar-refractivity contribution in [2.24, 2.45) is 0 Å². The number of benzene rings is 1. The van der Waals surface area contributed by atoms with E-state index in [1.165, 1.54) is 42.1 Å². The highest BCUT2D eigenvalue weighted by molar-refractivity contribution is 9.10. The normalized spacial score (nSPS) is 21.1. The maximum atomic E-state index is 5.67. The zero-order valence-electron chi connectivity index (χ0n) is 10.6. The molecule has 1 nitrogen and oxygen atoms in total. The number of hydrogen-bond donors (Lipinski definition) is 0. The van der Waals surface area contributed by atoms with Crippen molar-refractivity contribution in [2.75, 3.05) is 11.9 Å². The molecule has 1 fully saturated rings. The second kappa shape index (κ2) is 7.66. The maximum absolute atomic E-state index is 5.67. The van der Waals surface area contributed by atoms with Crippen LogP contribution in [0, 0.1) is 0 Å². The van der Waals surface area contributed by atoms with Gasteiger partial charge in [-0.2, -0.15) is 0 Å². The fourth-order valence-electron chi connectivity index (χ4n) is 2.56. The minimum atomic E-state index is 0.531. The first-order chi connectivity index (χ1) is 8.79. The Morgan fingerprint density at radius 1 is 1.39 bits per heavy atom. The Labute approximate surface area is 127 Å². The van der Waals surface area contributed by atoms with Gasteiger partial charge in [-0.15, -0.1) is 0 Å². The lowest BCUT2D eigenvalue weighted by Gasteiger charge is -2.16. The molecule has 100 valence electrons. The van der Waals surface area contributed by atoms with E-state index in [1.807, 2.05) is 0 Å². The molecule has 0 saturated carbocycles. The van der Waals surface area contributed by atoms with Gasteiger partial charge in [-0.1, -0.05) is 50.4 Å². The van der Waals surface area contributed by atoms with Crippen molar-refractivity contribution in [3.63, 3.8) is 0 Å². The van der Waals surface area contributed by atoms with Crippen molar-refractivity contribution in [3.05, 3.63) is 34.3 Å². The largest absolute Gasteiger partial charge is 0.378 e. The van der Waals surface area contributed by atoms with Gasteiger partial charge in [0.2, 0.25) is 0 Å². The zero-order valence-corrected chi connectivity index (χ0v) is 13.8. The van der Waals surface area contributed by atoms with Gasteiger partial charge in [-0.05, 0) is 49.3 Å². The Bertz CT molecular complexity index is 361. The topological polar surface area (TPSA) is 9.23 Å². The van der Waals surface area contributed by atoms with Crippen LogP contribution in [-0.4, -0.2) is 18.0 Å². The molecule has 2 atom stereocenters. The highest BCUT2D eigenvalue weighted by Crippen LogP contribution is 2.28. The Balaban J connectivity index is 1.81. The molecule has 2 unspecified atom stereocenters. The van der Waals surface area contributed by atoms with Crippen LogP contribution in [0.5, 0.6) is 0 Å². The fourth-order valence-corrected chi connectivity index (χ4v) is 3.67. The molecule has 2 rings (SSSR count). The lowest BCUT2D eigenvalue weighted by Crippen LogP contribution is -2.07. The third-order valence-corrected chi connectivity index (χ3v) is 4.88. The first kappa shape index (κ1) is 14.5. The SMILES string of the molecule is BrCC(CCCC1CCCO1)c1cccc(Br)c1. The van der Waals surface area contributed by atoms with Gasteiger partial charge in [-0.3, -0.25) is 0 Å². The first-order valence-electron chi connectivity index (χ1n) is 6.72. The van der Waals surface area contributed by atoms with Gasteiger partial charge in [0.25, 0.3) is 0 Å². The van der Waals surface area contributed by atoms with E-state index in [0.29, 0.717) is 12.0 Å². The monoisotopic (exact) mass is 374 g/mol. The maximum Gasteiger partial charge on any atom is 0.0576 e. The summed E-state index contributed by atoms with van der Waals surface area (Å²) in [6, 6.07) is 8.66. The average Bonchev–Trinajstić information content (AvgIpc) is 2.88. The van der Waals surface area contributed by atoms with Crippen LogP contribution >= 0.6 is 31.9 Å². The number of rotatable bonds is 6. The van der Waals surface area contributed by atoms with Crippen LogP contribution in [0.3, 0.4) is 0 Å². The van der Waals surface area contributed by atoms with Crippen molar-refractivity contribution >= 4 is 31.9 Å². The number of alkyl halides is 1. The predicted molar refractivity (Wildman–Crippen MR) is 83.5 cm³/mol. The summed E-state index contributed by atoms with van der Waals surface area (Å²) in [6.45, 7) is 0.970. The van der Waals surface area contributed by atoms with Crippen molar-refractivity contribution in [2.45, 2.75) is 44.1 Å². The van der Waals surface area contributed by atoms with Crippen molar-refractivity contribution < 1.29 is 4.74 Å². The van der Waals surface area contributed by atoms with E-state index in [2.05, 4.69) is 56.1 Å². The zero-order chi connectivity index (χ0) is 12.8. The Hall–Kier alpha value is 0.140. The van der Waals surface area contributed by atoms with Crippen LogP contribution in [0.2, 0.25) is 0 Å². The minimum absolute atomic E-state index is 0.531. The number of ether oxygens (including phenoxy) is 1. The number of hydrogen-bond acceptors (Lipinski definition) is 1. The summed E-state index contributed by atoms with van der Waals surface area (Å²) in [5.41, 5.74) is 1.42. The van der Waals surface area contributed by atoms with E-state index < -0.39 is 0 Å². The molecule has 0 amide bonds. The molecule has 1 aliphatic rings.